The zero-order valence-corrected chi connectivity index (χ0v) is 11.3. The lowest BCUT2D eigenvalue weighted by atomic mass is 9.92. The minimum absolute atomic E-state index is 0.0761. The topological polar surface area (TPSA) is 24.5 Å². The number of anilines is 2. The number of piperidine rings is 1. The maximum Gasteiger partial charge on any atom is 0.0684 e. The van der Waals surface area contributed by atoms with Gasteiger partial charge in [0.05, 0.1) is 5.60 Å². The first-order valence-corrected chi connectivity index (χ1v) is 6.88. The highest BCUT2D eigenvalue weighted by Crippen LogP contribution is 2.35. The van der Waals surface area contributed by atoms with E-state index >= 15 is 0 Å². The van der Waals surface area contributed by atoms with Crippen molar-refractivity contribution >= 4 is 11.4 Å². The van der Waals surface area contributed by atoms with Crippen molar-refractivity contribution in [1.82, 2.24) is 0 Å². The third-order valence-electron chi connectivity index (χ3n) is 4.50. The lowest BCUT2D eigenvalue weighted by Gasteiger charge is -2.40. The Kier molecular flexibility index (Phi) is 2.94. The molecule has 18 heavy (non-hydrogen) atoms. The third-order valence-corrected chi connectivity index (χ3v) is 4.50. The molecule has 1 fully saturated rings. The number of benzene rings is 1. The molecule has 1 aromatic rings. The molecule has 1 N–H and O–H groups in total. The first-order chi connectivity index (χ1) is 8.72. The van der Waals surface area contributed by atoms with Crippen molar-refractivity contribution in [3.8, 4) is 0 Å². The Morgan fingerprint density at radius 3 is 2.78 bits per heavy atom. The van der Waals surface area contributed by atoms with Gasteiger partial charge in [-0.1, -0.05) is 6.07 Å². The summed E-state index contributed by atoms with van der Waals surface area (Å²) in [4.78, 5) is 2.52. The van der Waals surface area contributed by atoms with Crippen molar-refractivity contribution in [3.63, 3.8) is 0 Å². The van der Waals surface area contributed by atoms with Crippen LogP contribution in [0.3, 0.4) is 0 Å². The third kappa shape index (κ3) is 1.97. The Hall–Kier alpha value is -1.22. The average Bonchev–Trinajstić information content (AvgIpc) is 2.88. The van der Waals surface area contributed by atoms with Crippen molar-refractivity contribution in [1.29, 1.82) is 0 Å². The molecule has 3 rings (SSSR count). The fraction of sp³-hybridized carbons (Fsp3) is 0.600. The summed E-state index contributed by atoms with van der Waals surface area (Å²) in [5.74, 6) is 0. The van der Waals surface area contributed by atoms with Crippen molar-refractivity contribution in [2.45, 2.75) is 31.8 Å². The summed E-state index contributed by atoms with van der Waals surface area (Å²) in [7, 11) is 1.83. The van der Waals surface area contributed by atoms with Crippen molar-refractivity contribution in [2.75, 3.05) is 37.0 Å². The number of hydrogen-bond donors (Lipinski definition) is 1. The SMILES string of the molecule is COC1(C)CCN(c2cccc3c2CCN3)CC1. The standard InChI is InChI=1S/C15H22N2O/c1-15(18-2)7-10-17(11-8-15)14-5-3-4-13-12(14)6-9-16-13/h3-5,16H,6-11H2,1-2H3. The Morgan fingerprint density at radius 1 is 1.28 bits per heavy atom. The number of hydrogen-bond acceptors (Lipinski definition) is 3. The van der Waals surface area contributed by atoms with Crippen LogP contribution in [0, 0.1) is 0 Å². The highest BCUT2D eigenvalue weighted by Gasteiger charge is 2.31. The van der Waals surface area contributed by atoms with Gasteiger partial charge in [-0.3, -0.25) is 0 Å². The number of ether oxygens (including phenoxy) is 1. The van der Waals surface area contributed by atoms with Gasteiger partial charge in [-0.25, -0.2) is 0 Å². The van der Waals surface area contributed by atoms with E-state index in [0.29, 0.717) is 0 Å². The molecule has 98 valence electrons. The molecule has 3 heteroatoms. The van der Waals surface area contributed by atoms with Gasteiger partial charge in [0.15, 0.2) is 0 Å². The Morgan fingerprint density at radius 2 is 2.06 bits per heavy atom. The fourth-order valence-corrected chi connectivity index (χ4v) is 3.05. The molecule has 0 saturated carbocycles. The van der Waals surface area contributed by atoms with Crippen LogP contribution in [0.2, 0.25) is 0 Å². The van der Waals surface area contributed by atoms with E-state index in [2.05, 4.69) is 35.3 Å². The monoisotopic (exact) mass is 246 g/mol. The molecule has 0 unspecified atom stereocenters. The zero-order valence-electron chi connectivity index (χ0n) is 11.3. The van der Waals surface area contributed by atoms with Crippen LogP contribution in [0.5, 0.6) is 0 Å². The molecule has 0 spiro atoms. The number of fused-ring (bicyclic) bond motifs is 1. The first-order valence-electron chi connectivity index (χ1n) is 6.88. The van der Waals surface area contributed by atoms with Gasteiger partial charge in [-0.2, -0.15) is 0 Å². The fourth-order valence-electron chi connectivity index (χ4n) is 3.05. The van der Waals surface area contributed by atoms with Gasteiger partial charge < -0.3 is 15.0 Å². The van der Waals surface area contributed by atoms with E-state index in [4.69, 9.17) is 4.74 Å². The van der Waals surface area contributed by atoms with E-state index in [1.54, 1.807) is 0 Å². The van der Waals surface area contributed by atoms with Gasteiger partial charge in [0.25, 0.3) is 0 Å². The molecule has 2 aliphatic rings. The Balaban J connectivity index is 1.79. The predicted molar refractivity (Wildman–Crippen MR) is 75.5 cm³/mol. The second-order valence-electron chi connectivity index (χ2n) is 5.62. The lowest BCUT2D eigenvalue weighted by Crippen LogP contribution is -2.44. The lowest BCUT2D eigenvalue weighted by molar-refractivity contribution is -0.0132. The van der Waals surface area contributed by atoms with Gasteiger partial charge in [-0.15, -0.1) is 0 Å². The van der Waals surface area contributed by atoms with Crippen LogP contribution >= 0.6 is 0 Å². The van der Waals surface area contributed by atoms with Crippen LogP contribution in [-0.2, 0) is 11.2 Å². The summed E-state index contributed by atoms with van der Waals surface area (Å²) >= 11 is 0. The van der Waals surface area contributed by atoms with Crippen LogP contribution in [0.1, 0.15) is 25.3 Å². The molecule has 0 bridgehead atoms. The van der Waals surface area contributed by atoms with E-state index in [1.165, 1.54) is 16.9 Å². The molecule has 2 heterocycles. The minimum Gasteiger partial charge on any atom is -0.384 e. The predicted octanol–water partition coefficient (Wildman–Crippen LogP) is 2.66. The van der Waals surface area contributed by atoms with Crippen molar-refractivity contribution in [2.24, 2.45) is 0 Å². The summed E-state index contributed by atoms with van der Waals surface area (Å²) < 4.78 is 5.62. The largest absolute Gasteiger partial charge is 0.384 e. The molecule has 3 nitrogen and oxygen atoms in total. The summed E-state index contributed by atoms with van der Waals surface area (Å²) in [6.45, 7) is 5.50. The van der Waals surface area contributed by atoms with E-state index in [0.717, 1.165) is 38.9 Å². The van der Waals surface area contributed by atoms with Crippen molar-refractivity contribution < 1.29 is 4.74 Å². The Labute approximate surface area is 109 Å². The van der Waals surface area contributed by atoms with Crippen LogP contribution in [-0.4, -0.2) is 32.3 Å². The molecule has 0 amide bonds. The summed E-state index contributed by atoms with van der Waals surface area (Å²) in [5, 5.41) is 3.46. The number of rotatable bonds is 2. The van der Waals surface area contributed by atoms with Crippen LogP contribution in [0.15, 0.2) is 18.2 Å². The molecule has 0 atom stereocenters. The Bertz CT molecular complexity index is 436. The quantitative estimate of drug-likeness (QED) is 0.868. The van der Waals surface area contributed by atoms with Gasteiger partial charge in [0.1, 0.15) is 0 Å². The van der Waals surface area contributed by atoms with E-state index < -0.39 is 0 Å². The van der Waals surface area contributed by atoms with Crippen molar-refractivity contribution in [3.05, 3.63) is 23.8 Å². The number of methoxy groups -OCH3 is 1. The maximum atomic E-state index is 5.62. The van der Waals surface area contributed by atoms with Gasteiger partial charge in [0.2, 0.25) is 0 Å². The smallest absolute Gasteiger partial charge is 0.0684 e. The highest BCUT2D eigenvalue weighted by atomic mass is 16.5. The number of nitrogens with one attached hydrogen (secondary N) is 1. The van der Waals surface area contributed by atoms with Crippen LogP contribution < -0.4 is 10.2 Å². The van der Waals surface area contributed by atoms with E-state index in [-0.39, 0.29) is 5.60 Å². The van der Waals surface area contributed by atoms with Crippen LogP contribution in [0.4, 0.5) is 11.4 Å². The maximum absolute atomic E-state index is 5.62. The van der Waals surface area contributed by atoms with E-state index in [9.17, 15) is 0 Å². The first kappa shape index (κ1) is 11.8. The number of nitrogens with zero attached hydrogens (tertiary/aromatic N) is 1. The highest BCUT2D eigenvalue weighted by molar-refractivity contribution is 5.69. The molecule has 0 aliphatic carbocycles. The van der Waals surface area contributed by atoms with Crippen LogP contribution in [0.25, 0.3) is 0 Å². The summed E-state index contributed by atoms with van der Waals surface area (Å²) in [5.41, 5.74) is 4.33. The average molecular weight is 246 g/mol. The molecule has 1 aromatic carbocycles. The minimum atomic E-state index is 0.0761. The zero-order chi connectivity index (χ0) is 12.6. The second-order valence-corrected chi connectivity index (χ2v) is 5.62. The summed E-state index contributed by atoms with van der Waals surface area (Å²) in [6, 6.07) is 6.62. The molecular formula is C15H22N2O. The molecule has 0 radical (unpaired) electrons. The van der Waals surface area contributed by atoms with Gasteiger partial charge >= 0.3 is 0 Å². The second kappa shape index (κ2) is 4.47. The summed E-state index contributed by atoms with van der Waals surface area (Å²) in [6.07, 6.45) is 3.38. The molecular weight excluding hydrogens is 224 g/mol. The molecule has 1 saturated heterocycles. The molecule has 0 aromatic heterocycles. The normalized spacial score (nSPS) is 21.6. The molecule has 2 aliphatic heterocycles. The van der Waals surface area contributed by atoms with E-state index in [1.807, 2.05) is 7.11 Å². The van der Waals surface area contributed by atoms with Gasteiger partial charge in [0, 0.05) is 43.7 Å². The van der Waals surface area contributed by atoms with Gasteiger partial charge in [-0.05, 0) is 38.3 Å².